The highest BCUT2D eigenvalue weighted by Gasteiger charge is 2.35. The predicted molar refractivity (Wildman–Crippen MR) is 165 cm³/mol. The van der Waals surface area contributed by atoms with Crippen molar-refractivity contribution in [3.8, 4) is 39.4 Å². The molecule has 0 unspecified atom stereocenters. The standard InChI is InChI=1S/C35H27N3S/c1-35(2)30-18-22(21-36)6-13-27(30)28-14-11-26(20-31(28)35)24-9-7-23(8-10-24)25-12-15-32-29(19-25)33-34(39-32)38-17-5-3-4-16-37-33/h3-15,17-20,37-38H,16H2,1-2H3/b4-3-,17-5-. The van der Waals surface area contributed by atoms with Gasteiger partial charge in [-0.2, -0.15) is 5.26 Å². The lowest BCUT2D eigenvalue weighted by atomic mass is 9.81. The molecule has 2 heterocycles. The maximum atomic E-state index is 9.42. The van der Waals surface area contributed by atoms with Gasteiger partial charge in [0.2, 0.25) is 0 Å². The van der Waals surface area contributed by atoms with Gasteiger partial charge in [0.25, 0.3) is 0 Å². The first-order valence-electron chi connectivity index (χ1n) is 13.2. The molecule has 2 aliphatic rings. The highest BCUT2D eigenvalue weighted by Crippen LogP contribution is 2.50. The Bertz CT molecular complexity index is 1860. The molecule has 0 saturated heterocycles. The minimum Gasteiger partial charge on any atom is -0.379 e. The summed E-state index contributed by atoms with van der Waals surface area (Å²) in [6, 6.07) is 30.8. The quantitative estimate of drug-likeness (QED) is 0.243. The summed E-state index contributed by atoms with van der Waals surface area (Å²) in [5.74, 6) is 0. The van der Waals surface area contributed by atoms with E-state index in [9.17, 15) is 5.26 Å². The fourth-order valence-corrected chi connectivity index (χ4v) is 6.92. The van der Waals surface area contributed by atoms with Crippen LogP contribution in [0.4, 0.5) is 10.7 Å². The third-order valence-electron chi connectivity index (χ3n) is 8.00. The molecule has 0 spiro atoms. The Hall–Kier alpha value is -4.59. The molecule has 0 saturated carbocycles. The Morgan fingerprint density at radius 2 is 1.44 bits per heavy atom. The maximum Gasteiger partial charge on any atom is 0.117 e. The van der Waals surface area contributed by atoms with Crippen LogP contribution in [-0.2, 0) is 5.41 Å². The van der Waals surface area contributed by atoms with Crippen LogP contribution in [0.2, 0.25) is 0 Å². The number of hydrogen-bond donors (Lipinski definition) is 2. The summed E-state index contributed by atoms with van der Waals surface area (Å²) in [5, 5.41) is 18.8. The summed E-state index contributed by atoms with van der Waals surface area (Å²) in [6.07, 6.45) is 8.19. The molecule has 0 fully saturated rings. The number of fused-ring (bicyclic) bond motifs is 6. The van der Waals surface area contributed by atoms with Crippen molar-refractivity contribution in [3.05, 3.63) is 120 Å². The van der Waals surface area contributed by atoms with E-state index < -0.39 is 0 Å². The van der Waals surface area contributed by atoms with Gasteiger partial charge in [-0.15, -0.1) is 11.3 Å². The summed E-state index contributed by atoms with van der Waals surface area (Å²) in [4.78, 5) is 0. The molecule has 1 aliphatic heterocycles. The molecular formula is C35H27N3S. The van der Waals surface area contributed by atoms with Crippen molar-refractivity contribution in [2.24, 2.45) is 0 Å². The molecule has 1 aliphatic carbocycles. The summed E-state index contributed by atoms with van der Waals surface area (Å²) in [5.41, 5.74) is 11.6. The number of allylic oxidation sites excluding steroid dienone is 2. The van der Waals surface area contributed by atoms with Gasteiger partial charge in [0.15, 0.2) is 0 Å². The highest BCUT2D eigenvalue weighted by atomic mass is 32.1. The molecule has 7 rings (SSSR count). The summed E-state index contributed by atoms with van der Waals surface area (Å²) in [7, 11) is 0. The van der Waals surface area contributed by atoms with Gasteiger partial charge in [0, 0.05) is 28.2 Å². The molecule has 3 nitrogen and oxygen atoms in total. The van der Waals surface area contributed by atoms with Crippen LogP contribution in [0.15, 0.2) is 103 Å². The van der Waals surface area contributed by atoms with Gasteiger partial charge in [0.1, 0.15) is 5.00 Å². The lowest BCUT2D eigenvalue weighted by Gasteiger charge is -2.22. The molecule has 5 aromatic rings. The number of nitrogens with zero attached hydrogens (tertiary/aromatic N) is 1. The summed E-state index contributed by atoms with van der Waals surface area (Å²) >= 11 is 1.77. The third kappa shape index (κ3) is 3.86. The fourth-order valence-electron chi connectivity index (χ4n) is 5.88. The predicted octanol–water partition coefficient (Wildman–Crippen LogP) is 9.32. The normalized spacial score (nSPS) is 16.3. The zero-order valence-electron chi connectivity index (χ0n) is 21.9. The van der Waals surface area contributed by atoms with Crippen LogP contribution in [0.1, 0.15) is 30.5 Å². The number of nitrogens with one attached hydrogen (secondary N) is 2. The molecular weight excluding hydrogens is 494 g/mol. The Morgan fingerprint density at radius 1 is 0.769 bits per heavy atom. The lowest BCUT2D eigenvalue weighted by molar-refractivity contribution is 0.660. The maximum absolute atomic E-state index is 9.42. The number of hydrogen-bond acceptors (Lipinski definition) is 4. The zero-order chi connectivity index (χ0) is 26.6. The monoisotopic (exact) mass is 521 g/mol. The van der Waals surface area contributed by atoms with Crippen LogP contribution >= 0.6 is 11.3 Å². The number of nitriles is 1. The van der Waals surface area contributed by atoms with Crippen molar-refractivity contribution in [3.63, 3.8) is 0 Å². The molecule has 0 amide bonds. The van der Waals surface area contributed by atoms with Gasteiger partial charge in [-0.1, -0.05) is 74.5 Å². The first-order valence-corrected chi connectivity index (χ1v) is 14.0. The van der Waals surface area contributed by atoms with Gasteiger partial charge in [-0.05, 0) is 80.9 Å². The van der Waals surface area contributed by atoms with E-state index in [1.807, 2.05) is 18.3 Å². The molecule has 0 bridgehead atoms. The largest absolute Gasteiger partial charge is 0.379 e. The Labute approximate surface area is 232 Å². The van der Waals surface area contributed by atoms with E-state index in [0.717, 1.165) is 17.2 Å². The first-order chi connectivity index (χ1) is 19.0. The van der Waals surface area contributed by atoms with Gasteiger partial charge >= 0.3 is 0 Å². The van der Waals surface area contributed by atoms with Crippen LogP contribution in [0, 0.1) is 11.3 Å². The van der Waals surface area contributed by atoms with Crippen LogP contribution in [0.25, 0.3) is 43.5 Å². The van der Waals surface area contributed by atoms with E-state index in [1.165, 1.54) is 54.6 Å². The van der Waals surface area contributed by atoms with Crippen LogP contribution in [0.5, 0.6) is 0 Å². The number of benzene rings is 4. The van der Waals surface area contributed by atoms with E-state index in [1.54, 1.807) is 11.3 Å². The first kappa shape index (κ1) is 23.5. The topological polar surface area (TPSA) is 47.9 Å². The van der Waals surface area contributed by atoms with Crippen molar-refractivity contribution in [2.75, 3.05) is 17.2 Å². The number of rotatable bonds is 2. The Morgan fingerprint density at radius 3 is 2.21 bits per heavy atom. The molecule has 0 atom stereocenters. The van der Waals surface area contributed by atoms with Crippen LogP contribution in [-0.4, -0.2) is 6.54 Å². The van der Waals surface area contributed by atoms with Crippen LogP contribution in [0.3, 0.4) is 0 Å². The third-order valence-corrected chi connectivity index (χ3v) is 9.10. The van der Waals surface area contributed by atoms with E-state index in [4.69, 9.17) is 0 Å². The van der Waals surface area contributed by atoms with Crippen molar-refractivity contribution >= 4 is 32.1 Å². The minimum absolute atomic E-state index is 0.145. The highest BCUT2D eigenvalue weighted by molar-refractivity contribution is 7.23. The SMILES string of the molecule is CC1(C)c2cc(C#N)ccc2-c2ccc(-c3ccc(-c4ccc5sc6c(c5c4)NC/C=C\C=C/N6)cc3)cc21. The number of thiophene rings is 1. The van der Waals surface area contributed by atoms with Crippen molar-refractivity contribution in [1.82, 2.24) is 0 Å². The van der Waals surface area contributed by atoms with E-state index >= 15 is 0 Å². The molecule has 39 heavy (non-hydrogen) atoms. The Kier molecular flexibility index (Phi) is 5.43. The van der Waals surface area contributed by atoms with E-state index in [-0.39, 0.29) is 5.41 Å². The summed E-state index contributed by atoms with van der Waals surface area (Å²) in [6.45, 7) is 5.31. The second-order valence-corrected chi connectivity index (χ2v) is 11.7. The van der Waals surface area contributed by atoms with Gasteiger partial charge < -0.3 is 10.6 Å². The molecule has 2 N–H and O–H groups in total. The molecule has 188 valence electrons. The molecule has 0 radical (unpaired) electrons. The second-order valence-electron chi connectivity index (χ2n) is 10.7. The van der Waals surface area contributed by atoms with Crippen molar-refractivity contribution < 1.29 is 0 Å². The van der Waals surface area contributed by atoms with Gasteiger partial charge in [0.05, 0.1) is 17.3 Å². The molecule has 4 aromatic carbocycles. The van der Waals surface area contributed by atoms with Gasteiger partial charge in [-0.25, -0.2) is 0 Å². The molecule has 4 heteroatoms. The zero-order valence-corrected chi connectivity index (χ0v) is 22.7. The van der Waals surface area contributed by atoms with Crippen molar-refractivity contribution in [1.29, 1.82) is 5.26 Å². The van der Waals surface area contributed by atoms with Crippen molar-refractivity contribution in [2.45, 2.75) is 19.3 Å². The minimum atomic E-state index is -0.145. The van der Waals surface area contributed by atoms with E-state index in [0.29, 0.717) is 5.56 Å². The second kappa shape index (κ2) is 9.01. The lowest BCUT2D eigenvalue weighted by Crippen LogP contribution is -2.15. The average Bonchev–Trinajstić information content (AvgIpc) is 3.46. The van der Waals surface area contributed by atoms with Gasteiger partial charge in [-0.3, -0.25) is 0 Å². The Balaban J connectivity index is 1.22. The smallest absolute Gasteiger partial charge is 0.117 e. The number of anilines is 2. The summed E-state index contributed by atoms with van der Waals surface area (Å²) < 4.78 is 1.27. The average molecular weight is 522 g/mol. The fraction of sp³-hybridized carbons (Fsp3) is 0.114. The van der Waals surface area contributed by atoms with E-state index in [2.05, 4.69) is 115 Å². The van der Waals surface area contributed by atoms with Crippen LogP contribution < -0.4 is 10.6 Å². The molecule has 1 aromatic heterocycles.